The van der Waals surface area contributed by atoms with Gasteiger partial charge in [-0.1, -0.05) is 28.9 Å². The molecule has 1 N–H and O–H groups in total. The molecule has 0 aliphatic carbocycles. The number of carbonyl (C=O) groups is 1. The largest absolute Gasteiger partial charge is 0.486 e. The maximum Gasteiger partial charge on any atom is 0.253 e. The number of halogens is 1. The molecule has 0 bridgehead atoms. The lowest BCUT2D eigenvalue weighted by Crippen LogP contribution is -2.23. The SMILES string of the molecule is O=C(NCc1cc(-c2ccc3c(c2)OCCO3)on1)c1ccccc1Cl. The van der Waals surface area contributed by atoms with E-state index in [2.05, 4.69) is 10.5 Å². The van der Waals surface area contributed by atoms with Crippen LogP contribution in [0.1, 0.15) is 16.1 Å². The van der Waals surface area contributed by atoms with Crippen molar-refractivity contribution in [1.82, 2.24) is 10.5 Å². The topological polar surface area (TPSA) is 73.6 Å². The lowest BCUT2D eigenvalue weighted by Gasteiger charge is -2.18. The van der Waals surface area contributed by atoms with Crippen molar-refractivity contribution in [2.75, 3.05) is 13.2 Å². The van der Waals surface area contributed by atoms with E-state index in [-0.39, 0.29) is 12.5 Å². The Morgan fingerprint density at radius 3 is 2.73 bits per heavy atom. The van der Waals surface area contributed by atoms with Gasteiger partial charge in [-0.25, -0.2) is 0 Å². The highest BCUT2D eigenvalue weighted by molar-refractivity contribution is 6.33. The Bertz CT molecular complexity index is 954. The summed E-state index contributed by atoms with van der Waals surface area (Å²) in [6, 6.07) is 14.2. The summed E-state index contributed by atoms with van der Waals surface area (Å²) < 4.78 is 16.5. The van der Waals surface area contributed by atoms with Gasteiger partial charge in [0.2, 0.25) is 0 Å². The van der Waals surface area contributed by atoms with Gasteiger partial charge in [0.25, 0.3) is 5.91 Å². The van der Waals surface area contributed by atoms with Gasteiger partial charge in [-0.2, -0.15) is 0 Å². The van der Waals surface area contributed by atoms with Crippen molar-refractivity contribution in [2.45, 2.75) is 6.54 Å². The second-order valence-corrected chi connectivity index (χ2v) is 6.11. The number of carbonyl (C=O) groups excluding carboxylic acids is 1. The number of aromatic nitrogens is 1. The van der Waals surface area contributed by atoms with Gasteiger partial charge < -0.3 is 19.3 Å². The third-order valence-electron chi connectivity index (χ3n) is 3.93. The minimum atomic E-state index is -0.264. The predicted octanol–water partition coefficient (Wildman–Crippen LogP) is 3.70. The summed E-state index contributed by atoms with van der Waals surface area (Å²) in [4.78, 5) is 12.2. The Morgan fingerprint density at radius 2 is 1.88 bits per heavy atom. The highest BCUT2D eigenvalue weighted by Gasteiger charge is 2.15. The zero-order valence-electron chi connectivity index (χ0n) is 13.7. The van der Waals surface area contributed by atoms with E-state index in [1.165, 1.54) is 0 Å². The second kappa shape index (κ2) is 7.09. The molecule has 1 aliphatic heterocycles. The summed E-state index contributed by atoms with van der Waals surface area (Å²) >= 11 is 6.03. The van der Waals surface area contributed by atoms with Gasteiger partial charge in [-0.05, 0) is 30.3 Å². The van der Waals surface area contributed by atoms with Gasteiger partial charge in [-0.15, -0.1) is 0 Å². The third kappa shape index (κ3) is 3.36. The number of nitrogens with zero attached hydrogens (tertiary/aromatic N) is 1. The summed E-state index contributed by atoms with van der Waals surface area (Å²) in [5.41, 5.74) is 1.85. The molecule has 0 unspecified atom stereocenters. The predicted molar refractivity (Wildman–Crippen MR) is 95.6 cm³/mol. The van der Waals surface area contributed by atoms with Crippen LogP contribution in [0.3, 0.4) is 0 Å². The lowest BCUT2D eigenvalue weighted by atomic mass is 10.1. The average Bonchev–Trinajstić information content (AvgIpc) is 3.15. The van der Waals surface area contributed by atoms with Crippen LogP contribution in [-0.4, -0.2) is 24.3 Å². The van der Waals surface area contributed by atoms with Crippen LogP contribution in [0.25, 0.3) is 11.3 Å². The Labute approximate surface area is 154 Å². The van der Waals surface area contributed by atoms with E-state index >= 15 is 0 Å². The highest BCUT2D eigenvalue weighted by atomic mass is 35.5. The van der Waals surface area contributed by atoms with Crippen LogP contribution in [0.5, 0.6) is 11.5 Å². The van der Waals surface area contributed by atoms with E-state index in [0.29, 0.717) is 46.8 Å². The molecule has 0 radical (unpaired) electrons. The normalized spacial score (nSPS) is 12.7. The fraction of sp³-hybridized carbons (Fsp3) is 0.158. The van der Waals surface area contributed by atoms with Crippen molar-refractivity contribution in [1.29, 1.82) is 0 Å². The average molecular weight is 371 g/mol. The van der Waals surface area contributed by atoms with Gasteiger partial charge >= 0.3 is 0 Å². The number of hydrogen-bond acceptors (Lipinski definition) is 5. The zero-order chi connectivity index (χ0) is 17.9. The molecule has 4 rings (SSSR count). The first-order valence-electron chi connectivity index (χ1n) is 8.09. The molecule has 26 heavy (non-hydrogen) atoms. The zero-order valence-corrected chi connectivity index (χ0v) is 14.5. The van der Waals surface area contributed by atoms with E-state index in [1.807, 2.05) is 18.2 Å². The minimum absolute atomic E-state index is 0.234. The van der Waals surface area contributed by atoms with Gasteiger partial charge in [0.15, 0.2) is 17.3 Å². The van der Waals surface area contributed by atoms with Crippen LogP contribution in [0.2, 0.25) is 5.02 Å². The smallest absolute Gasteiger partial charge is 0.253 e. The summed E-state index contributed by atoms with van der Waals surface area (Å²) in [6.45, 7) is 1.30. The van der Waals surface area contributed by atoms with Crippen LogP contribution in [-0.2, 0) is 6.54 Å². The molecule has 0 atom stereocenters. The van der Waals surface area contributed by atoms with Gasteiger partial charge in [0, 0.05) is 11.6 Å². The molecular weight excluding hydrogens is 356 g/mol. The second-order valence-electron chi connectivity index (χ2n) is 5.70. The molecule has 0 saturated heterocycles. The van der Waals surface area contributed by atoms with Crippen molar-refractivity contribution in [3.63, 3.8) is 0 Å². The molecule has 1 aliphatic rings. The molecule has 3 aromatic rings. The first-order chi connectivity index (χ1) is 12.7. The third-order valence-corrected chi connectivity index (χ3v) is 4.26. The monoisotopic (exact) mass is 370 g/mol. The van der Waals surface area contributed by atoms with Gasteiger partial charge in [-0.3, -0.25) is 4.79 Å². The molecule has 0 fully saturated rings. The molecule has 7 heteroatoms. The van der Waals surface area contributed by atoms with E-state index in [4.69, 9.17) is 25.6 Å². The number of benzene rings is 2. The Balaban J connectivity index is 1.45. The number of fused-ring (bicyclic) bond motifs is 1. The summed E-state index contributed by atoms with van der Waals surface area (Å²) in [6.07, 6.45) is 0. The number of ether oxygens (including phenoxy) is 2. The van der Waals surface area contributed by atoms with Crippen molar-refractivity contribution in [2.24, 2.45) is 0 Å². The molecule has 0 spiro atoms. The molecule has 2 aromatic carbocycles. The number of rotatable bonds is 4. The molecule has 0 saturated carbocycles. The molecule has 1 aromatic heterocycles. The summed E-state index contributed by atoms with van der Waals surface area (Å²) in [7, 11) is 0. The maximum atomic E-state index is 12.2. The number of amides is 1. The Hall–Kier alpha value is -2.99. The van der Waals surface area contributed by atoms with Crippen molar-refractivity contribution in [3.8, 4) is 22.8 Å². The van der Waals surface area contributed by atoms with Crippen LogP contribution in [0.15, 0.2) is 53.1 Å². The van der Waals surface area contributed by atoms with Crippen LogP contribution in [0.4, 0.5) is 0 Å². The fourth-order valence-electron chi connectivity index (χ4n) is 2.64. The first kappa shape index (κ1) is 16.5. The number of hydrogen-bond donors (Lipinski definition) is 1. The maximum absolute atomic E-state index is 12.2. The molecule has 2 heterocycles. The van der Waals surface area contributed by atoms with E-state index in [9.17, 15) is 4.79 Å². The lowest BCUT2D eigenvalue weighted by molar-refractivity contribution is 0.0950. The first-order valence-corrected chi connectivity index (χ1v) is 8.47. The standard InChI is InChI=1S/C19H15ClN2O4/c20-15-4-2-1-3-14(15)19(23)21-11-13-10-17(26-22-13)12-5-6-16-18(9-12)25-8-7-24-16/h1-6,9-10H,7-8,11H2,(H,21,23). The van der Waals surface area contributed by atoms with Crippen molar-refractivity contribution < 1.29 is 18.8 Å². The molecule has 132 valence electrons. The quantitative estimate of drug-likeness (QED) is 0.758. The minimum Gasteiger partial charge on any atom is -0.486 e. The van der Waals surface area contributed by atoms with E-state index in [0.717, 1.165) is 5.56 Å². The van der Waals surface area contributed by atoms with Crippen molar-refractivity contribution in [3.05, 3.63) is 64.8 Å². The molecule has 1 amide bonds. The van der Waals surface area contributed by atoms with Crippen LogP contribution >= 0.6 is 11.6 Å². The Morgan fingerprint density at radius 1 is 1.08 bits per heavy atom. The van der Waals surface area contributed by atoms with E-state index < -0.39 is 0 Å². The summed E-state index contributed by atoms with van der Waals surface area (Å²) in [5.74, 6) is 1.72. The molecule has 6 nitrogen and oxygen atoms in total. The van der Waals surface area contributed by atoms with Crippen LogP contribution < -0.4 is 14.8 Å². The summed E-state index contributed by atoms with van der Waals surface area (Å²) in [5, 5.41) is 7.18. The fourth-order valence-corrected chi connectivity index (χ4v) is 2.86. The number of nitrogens with one attached hydrogen (secondary N) is 1. The van der Waals surface area contributed by atoms with E-state index in [1.54, 1.807) is 30.3 Å². The van der Waals surface area contributed by atoms with Gasteiger partial charge in [0.1, 0.15) is 18.9 Å². The molecular formula is C19H15ClN2O4. The highest BCUT2D eigenvalue weighted by Crippen LogP contribution is 2.34. The van der Waals surface area contributed by atoms with Crippen LogP contribution in [0, 0.1) is 0 Å². The van der Waals surface area contributed by atoms with Gasteiger partial charge in [0.05, 0.1) is 17.1 Å². The Kier molecular flexibility index (Phi) is 4.50. The van der Waals surface area contributed by atoms with Crippen molar-refractivity contribution >= 4 is 17.5 Å².